The van der Waals surface area contributed by atoms with Gasteiger partial charge in [-0.05, 0) is 72.1 Å². The maximum Gasteiger partial charge on any atom is 0.160 e. The van der Waals surface area contributed by atoms with Gasteiger partial charge in [0.15, 0.2) is 4.96 Å². The first kappa shape index (κ1) is 28.4. The van der Waals surface area contributed by atoms with Gasteiger partial charge in [0.2, 0.25) is 0 Å². The number of benzene rings is 3. The van der Waals surface area contributed by atoms with Gasteiger partial charge < -0.3 is 14.2 Å². The van der Waals surface area contributed by atoms with E-state index >= 15 is 0 Å². The second-order valence-corrected chi connectivity index (χ2v) is 11.7. The molecule has 6 heteroatoms. The van der Waals surface area contributed by atoms with E-state index in [1.54, 1.807) is 0 Å². The van der Waals surface area contributed by atoms with Crippen LogP contribution < -0.4 is 4.74 Å². The van der Waals surface area contributed by atoms with E-state index < -0.39 is 4.96 Å². The van der Waals surface area contributed by atoms with Gasteiger partial charge in [-0.25, -0.2) is 0 Å². The molecule has 0 amide bonds. The molecule has 2 unspecified atom stereocenters. The van der Waals surface area contributed by atoms with Gasteiger partial charge in [0.1, 0.15) is 5.75 Å². The van der Waals surface area contributed by atoms with Crippen LogP contribution in [-0.4, -0.2) is 42.3 Å². The van der Waals surface area contributed by atoms with Crippen LogP contribution in [0.15, 0.2) is 72.8 Å². The number of fused-ring (bicyclic) bond motifs is 1. The number of hydrogen-bond acceptors (Lipinski definition) is 4. The molecular formula is C33H39Cl2NO3. The molecule has 0 radical (unpaired) electrons. The lowest BCUT2D eigenvalue weighted by Gasteiger charge is -2.39. The van der Waals surface area contributed by atoms with Crippen molar-refractivity contribution in [3.63, 3.8) is 0 Å². The molecule has 1 aliphatic heterocycles. The Morgan fingerprint density at radius 1 is 0.821 bits per heavy atom. The quantitative estimate of drug-likeness (QED) is 0.127. The molecule has 0 aromatic heterocycles. The number of alkyl halides is 2. The number of rotatable bonds is 12. The molecule has 4 nitrogen and oxygen atoms in total. The molecule has 3 aromatic rings. The van der Waals surface area contributed by atoms with Crippen LogP contribution in [-0.2, 0) is 35.5 Å². The highest BCUT2D eigenvalue weighted by Crippen LogP contribution is 2.34. The Morgan fingerprint density at radius 3 is 2.41 bits per heavy atom. The van der Waals surface area contributed by atoms with Crippen molar-refractivity contribution in [2.24, 2.45) is 0 Å². The Labute approximate surface area is 243 Å². The van der Waals surface area contributed by atoms with Gasteiger partial charge in [-0.1, -0.05) is 83.9 Å². The molecule has 0 N–H and O–H groups in total. The number of piperidine rings is 1. The summed E-state index contributed by atoms with van der Waals surface area (Å²) in [6.45, 7) is 4.11. The minimum Gasteiger partial charge on any atom is -0.494 e. The minimum atomic E-state index is -0.520. The Bertz CT molecular complexity index is 1160. The van der Waals surface area contributed by atoms with E-state index in [0.717, 1.165) is 25.1 Å². The lowest BCUT2D eigenvalue weighted by Crippen LogP contribution is -2.45. The Balaban J connectivity index is 1.13. The molecule has 1 heterocycles. The number of hydrogen-bond donors (Lipinski definition) is 0. The van der Waals surface area contributed by atoms with E-state index in [4.69, 9.17) is 37.4 Å². The first-order valence-electron chi connectivity index (χ1n) is 14.2. The predicted octanol–water partition coefficient (Wildman–Crippen LogP) is 7.69. The van der Waals surface area contributed by atoms with Gasteiger partial charge in [-0.3, -0.25) is 4.90 Å². The van der Waals surface area contributed by atoms with Crippen LogP contribution in [0.4, 0.5) is 0 Å². The number of likely N-dealkylation sites (tertiary alicyclic amines) is 1. The number of ether oxygens (including phenoxy) is 3. The highest BCUT2D eigenvalue weighted by Gasteiger charge is 2.33. The van der Waals surface area contributed by atoms with Gasteiger partial charge in [0.25, 0.3) is 0 Å². The second kappa shape index (κ2) is 14.5. The molecule has 1 fully saturated rings. The standard InChI is InChI=1S/C33H39Cl2NO3/c34-33(35)36-18-17-31(32(22-36)39-24-26-11-12-27-9-4-5-10-29(27)21-26)28-13-15-30(16-14-28)38-20-6-19-37-23-25-7-2-1-3-8-25/h1-3,7-8,11-16,21,31-33H,4-6,9-10,17-20,22-24H2. The normalized spacial score (nSPS) is 19.7. The van der Waals surface area contributed by atoms with Crippen molar-refractivity contribution in [2.45, 2.75) is 68.7 Å². The smallest absolute Gasteiger partial charge is 0.160 e. The van der Waals surface area contributed by atoms with Crippen LogP contribution in [0.3, 0.4) is 0 Å². The van der Waals surface area contributed by atoms with Crippen LogP contribution in [0.2, 0.25) is 0 Å². The summed E-state index contributed by atoms with van der Waals surface area (Å²) < 4.78 is 18.3. The summed E-state index contributed by atoms with van der Waals surface area (Å²) in [5.41, 5.74) is 6.70. The molecule has 5 rings (SSSR count). The largest absolute Gasteiger partial charge is 0.494 e. The lowest BCUT2D eigenvalue weighted by atomic mass is 9.87. The molecule has 1 aliphatic carbocycles. The first-order valence-corrected chi connectivity index (χ1v) is 15.1. The van der Waals surface area contributed by atoms with Crippen molar-refractivity contribution in [2.75, 3.05) is 26.3 Å². The van der Waals surface area contributed by atoms with Crippen molar-refractivity contribution < 1.29 is 14.2 Å². The Kier molecular flexibility index (Phi) is 10.6. The van der Waals surface area contributed by atoms with E-state index in [0.29, 0.717) is 33.0 Å². The third-order valence-corrected chi connectivity index (χ3v) is 8.42. The highest BCUT2D eigenvalue weighted by atomic mass is 35.5. The fourth-order valence-electron chi connectivity index (χ4n) is 5.67. The van der Waals surface area contributed by atoms with Gasteiger partial charge in [-0.15, -0.1) is 0 Å². The lowest BCUT2D eigenvalue weighted by molar-refractivity contribution is -0.0226. The van der Waals surface area contributed by atoms with Crippen molar-refractivity contribution >= 4 is 23.2 Å². The molecule has 1 saturated heterocycles. The fourth-order valence-corrected chi connectivity index (χ4v) is 6.03. The topological polar surface area (TPSA) is 30.9 Å². The van der Waals surface area contributed by atoms with Crippen LogP contribution in [0, 0.1) is 0 Å². The van der Waals surface area contributed by atoms with Gasteiger partial charge in [-0.2, -0.15) is 0 Å². The average Bonchev–Trinajstić information content (AvgIpc) is 2.98. The van der Waals surface area contributed by atoms with Gasteiger partial charge in [0, 0.05) is 25.4 Å². The molecule has 0 spiro atoms. The fraction of sp³-hybridized carbons (Fsp3) is 0.455. The zero-order chi connectivity index (χ0) is 26.9. The third-order valence-electron chi connectivity index (χ3n) is 7.87. The summed E-state index contributed by atoms with van der Waals surface area (Å²) in [5.74, 6) is 1.17. The van der Waals surface area contributed by atoms with Crippen molar-refractivity contribution in [3.05, 3.63) is 101 Å². The number of aryl methyl sites for hydroxylation is 2. The summed E-state index contributed by atoms with van der Waals surface area (Å²) in [7, 11) is 0. The molecule has 208 valence electrons. The SMILES string of the molecule is ClC(Cl)N1CCC(c2ccc(OCCCOCc3ccccc3)cc2)C(OCc2ccc3c(c2)CCCC3)C1. The molecular weight excluding hydrogens is 529 g/mol. The monoisotopic (exact) mass is 567 g/mol. The van der Waals surface area contributed by atoms with E-state index in [1.165, 1.54) is 53.5 Å². The molecule has 39 heavy (non-hydrogen) atoms. The van der Waals surface area contributed by atoms with E-state index in [2.05, 4.69) is 59.5 Å². The zero-order valence-electron chi connectivity index (χ0n) is 22.6. The second-order valence-electron chi connectivity index (χ2n) is 10.6. The van der Waals surface area contributed by atoms with Crippen molar-refractivity contribution in [1.29, 1.82) is 0 Å². The Hall–Kier alpha value is -2.08. The van der Waals surface area contributed by atoms with E-state index in [-0.39, 0.29) is 12.0 Å². The third kappa shape index (κ3) is 8.22. The summed E-state index contributed by atoms with van der Waals surface area (Å²) >= 11 is 12.5. The summed E-state index contributed by atoms with van der Waals surface area (Å²) in [6, 6.07) is 25.6. The van der Waals surface area contributed by atoms with Crippen LogP contribution in [0.5, 0.6) is 5.75 Å². The summed E-state index contributed by atoms with van der Waals surface area (Å²) in [4.78, 5) is 1.57. The summed E-state index contributed by atoms with van der Waals surface area (Å²) in [5, 5.41) is 0. The van der Waals surface area contributed by atoms with Crippen LogP contribution in [0.1, 0.15) is 59.4 Å². The van der Waals surface area contributed by atoms with Crippen LogP contribution >= 0.6 is 23.2 Å². The van der Waals surface area contributed by atoms with Gasteiger partial charge >= 0.3 is 0 Å². The first-order chi connectivity index (χ1) is 19.2. The maximum atomic E-state index is 6.57. The van der Waals surface area contributed by atoms with Crippen molar-refractivity contribution in [3.8, 4) is 5.75 Å². The average molecular weight is 569 g/mol. The van der Waals surface area contributed by atoms with E-state index in [1.807, 2.05) is 18.2 Å². The predicted molar refractivity (Wildman–Crippen MR) is 159 cm³/mol. The van der Waals surface area contributed by atoms with Crippen molar-refractivity contribution in [1.82, 2.24) is 4.90 Å². The van der Waals surface area contributed by atoms with Crippen LogP contribution in [0.25, 0.3) is 0 Å². The molecule has 0 bridgehead atoms. The maximum absolute atomic E-state index is 6.57. The molecule has 2 aliphatic rings. The highest BCUT2D eigenvalue weighted by molar-refractivity contribution is 6.43. The molecule has 2 atom stereocenters. The zero-order valence-corrected chi connectivity index (χ0v) is 24.1. The Morgan fingerprint density at radius 2 is 1.62 bits per heavy atom. The van der Waals surface area contributed by atoms with E-state index in [9.17, 15) is 0 Å². The minimum absolute atomic E-state index is 0.0170. The number of halogens is 2. The number of nitrogens with zero attached hydrogens (tertiary/aromatic N) is 1. The molecule has 3 aromatic carbocycles. The van der Waals surface area contributed by atoms with Gasteiger partial charge in [0.05, 0.1) is 32.5 Å². The molecule has 0 saturated carbocycles. The summed E-state index contributed by atoms with van der Waals surface area (Å²) in [6.07, 6.45) is 6.78.